The fourth-order valence-corrected chi connectivity index (χ4v) is 5.00. The Morgan fingerprint density at radius 1 is 1.00 bits per heavy atom. The van der Waals surface area contributed by atoms with Gasteiger partial charge in [-0.25, -0.2) is 8.42 Å². The number of methoxy groups -OCH3 is 2. The Hall–Kier alpha value is -3.23. The van der Waals surface area contributed by atoms with Crippen LogP contribution in [0.3, 0.4) is 0 Å². The number of ether oxygens (including phenoxy) is 2. The summed E-state index contributed by atoms with van der Waals surface area (Å²) in [6, 6.07) is 17.8. The van der Waals surface area contributed by atoms with Crippen molar-refractivity contribution in [3.05, 3.63) is 82.9 Å². The highest BCUT2D eigenvalue weighted by atomic mass is 35.5. The van der Waals surface area contributed by atoms with Gasteiger partial charge >= 0.3 is 0 Å². The van der Waals surface area contributed by atoms with Crippen LogP contribution in [-0.2, 0) is 14.8 Å². The molecule has 3 aromatic rings. The van der Waals surface area contributed by atoms with Crippen LogP contribution in [0.2, 0.25) is 5.02 Å². The second-order valence-corrected chi connectivity index (χ2v) is 10.0. The van der Waals surface area contributed by atoms with Crippen molar-refractivity contribution < 1.29 is 22.7 Å². The van der Waals surface area contributed by atoms with Crippen LogP contribution in [0.5, 0.6) is 11.5 Å². The Morgan fingerprint density at radius 2 is 1.68 bits per heavy atom. The predicted molar refractivity (Wildman–Crippen MR) is 133 cm³/mol. The number of anilines is 1. The molecule has 7 nitrogen and oxygen atoms in total. The van der Waals surface area contributed by atoms with Gasteiger partial charge < -0.3 is 14.8 Å². The van der Waals surface area contributed by atoms with Gasteiger partial charge in [-0.1, -0.05) is 41.4 Å². The summed E-state index contributed by atoms with van der Waals surface area (Å²) in [5.74, 6) is 0.627. The fraction of sp³-hybridized carbons (Fsp3) is 0.240. The first-order valence-corrected chi connectivity index (χ1v) is 12.3. The minimum Gasteiger partial charge on any atom is -0.493 e. The van der Waals surface area contributed by atoms with Crippen molar-refractivity contribution >= 4 is 33.2 Å². The zero-order chi connectivity index (χ0) is 24.9. The third kappa shape index (κ3) is 5.81. The Balaban J connectivity index is 1.88. The van der Waals surface area contributed by atoms with Crippen molar-refractivity contribution in [2.45, 2.75) is 24.8 Å². The minimum atomic E-state index is -4.03. The van der Waals surface area contributed by atoms with Gasteiger partial charge in [0, 0.05) is 5.02 Å². The molecule has 34 heavy (non-hydrogen) atoms. The number of benzene rings is 3. The highest BCUT2D eigenvalue weighted by molar-refractivity contribution is 7.92. The second kappa shape index (κ2) is 10.8. The highest BCUT2D eigenvalue weighted by Gasteiger charge is 2.28. The van der Waals surface area contributed by atoms with Crippen LogP contribution in [0.15, 0.2) is 71.6 Å². The summed E-state index contributed by atoms with van der Waals surface area (Å²) in [6.45, 7) is 3.25. The lowest BCUT2D eigenvalue weighted by molar-refractivity contribution is -0.120. The van der Waals surface area contributed by atoms with E-state index in [4.69, 9.17) is 21.1 Å². The zero-order valence-corrected chi connectivity index (χ0v) is 21.0. The molecule has 0 aliphatic heterocycles. The average molecular weight is 503 g/mol. The number of carbonyl (C=O) groups excluding carboxylic acids is 1. The van der Waals surface area contributed by atoms with E-state index in [9.17, 15) is 13.2 Å². The van der Waals surface area contributed by atoms with Crippen molar-refractivity contribution in [3.63, 3.8) is 0 Å². The fourth-order valence-electron chi connectivity index (χ4n) is 3.41. The summed E-state index contributed by atoms with van der Waals surface area (Å²) >= 11 is 6.12. The molecule has 1 atom stereocenters. The lowest BCUT2D eigenvalue weighted by Crippen LogP contribution is -2.41. The van der Waals surface area contributed by atoms with E-state index in [2.05, 4.69) is 5.32 Å². The largest absolute Gasteiger partial charge is 0.493 e. The first kappa shape index (κ1) is 25.4. The summed E-state index contributed by atoms with van der Waals surface area (Å²) in [5, 5.41) is 3.22. The van der Waals surface area contributed by atoms with Gasteiger partial charge in [-0.2, -0.15) is 0 Å². The monoisotopic (exact) mass is 502 g/mol. The number of hydrogen-bond acceptors (Lipinski definition) is 5. The number of nitrogens with one attached hydrogen (secondary N) is 1. The Bertz CT molecular complexity index is 1260. The predicted octanol–water partition coefficient (Wildman–Crippen LogP) is 4.74. The van der Waals surface area contributed by atoms with E-state index in [1.165, 1.54) is 25.3 Å². The Morgan fingerprint density at radius 3 is 2.29 bits per heavy atom. The van der Waals surface area contributed by atoms with Gasteiger partial charge in [0.15, 0.2) is 11.5 Å². The van der Waals surface area contributed by atoms with Crippen molar-refractivity contribution in [1.82, 2.24) is 5.32 Å². The summed E-state index contributed by atoms with van der Waals surface area (Å²) < 4.78 is 38.6. The van der Waals surface area contributed by atoms with Crippen LogP contribution >= 0.6 is 11.6 Å². The molecule has 9 heteroatoms. The SMILES string of the molecule is COc1ccc([C@H](C)NC(=O)CN(c2cccc(Cl)c2)S(=O)(=O)c2ccc(C)cc2)cc1OC. The van der Waals surface area contributed by atoms with Gasteiger partial charge in [0.2, 0.25) is 5.91 Å². The zero-order valence-electron chi connectivity index (χ0n) is 19.4. The third-order valence-corrected chi connectivity index (χ3v) is 7.30. The summed E-state index contributed by atoms with van der Waals surface area (Å²) in [5.41, 5.74) is 2.00. The van der Waals surface area contributed by atoms with Gasteiger partial charge in [-0.3, -0.25) is 9.10 Å². The van der Waals surface area contributed by atoms with Gasteiger partial charge in [0.1, 0.15) is 6.54 Å². The smallest absolute Gasteiger partial charge is 0.264 e. The number of sulfonamides is 1. The first-order valence-electron chi connectivity index (χ1n) is 10.5. The first-order chi connectivity index (χ1) is 16.1. The van der Waals surface area contributed by atoms with Gasteiger partial charge in [-0.05, 0) is 61.9 Å². The number of nitrogens with zero attached hydrogens (tertiary/aromatic N) is 1. The number of carbonyl (C=O) groups is 1. The molecular weight excluding hydrogens is 476 g/mol. The van der Waals surface area contributed by atoms with Crippen molar-refractivity contribution in [3.8, 4) is 11.5 Å². The maximum atomic E-state index is 13.5. The lowest BCUT2D eigenvalue weighted by Gasteiger charge is -2.25. The topological polar surface area (TPSA) is 84.9 Å². The van der Waals surface area contributed by atoms with Crippen LogP contribution in [-0.4, -0.2) is 35.1 Å². The van der Waals surface area contributed by atoms with Gasteiger partial charge in [-0.15, -0.1) is 0 Å². The van der Waals surface area contributed by atoms with Crippen molar-refractivity contribution in [2.24, 2.45) is 0 Å². The Labute approximate surface area is 205 Å². The molecule has 0 radical (unpaired) electrons. The molecule has 1 N–H and O–H groups in total. The van der Waals surface area contributed by atoms with E-state index >= 15 is 0 Å². The highest BCUT2D eigenvalue weighted by Crippen LogP contribution is 2.30. The minimum absolute atomic E-state index is 0.0822. The molecule has 0 aliphatic rings. The summed E-state index contributed by atoms with van der Waals surface area (Å²) in [4.78, 5) is 13.1. The molecule has 3 rings (SSSR count). The van der Waals surface area contributed by atoms with Gasteiger partial charge in [0.25, 0.3) is 10.0 Å². The van der Waals surface area contributed by atoms with E-state index in [0.717, 1.165) is 15.4 Å². The molecule has 0 aromatic heterocycles. The van der Waals surface area contributed by atoms with E-state index in [1.807, 2.05) is 13.0 Å². The molecule has 180 valence electrons. The molecular formula is C25H27ClN2O5S. The van der Waals surface area contributed by atoms with Gasteiger partial charge in [0.05, 0.1) is 30.8 Å². The van der Waals surface area contributed by atoms with Crippen LogP contribution in [0.1, 0.15) is 24.1 Å². The number of rotatable bonds is 9. The van der Waals surface area contributed by atoms with E-state index in [-0.39, 0.29) is 4.90 Å². The van der Waals surface area contributed by atoms with E-state index < -0.39 is 28.5 Å². The van der Waals surface area contributed by atoms with Crippen LogP contribution in [0, 0.1) is 6.92 Å². The van der Waals surface area contributed by atoms with E-state index in [1.54, 1.807) is 56.5 Å². The average Bonchev–Trinajstić information content (AvgIpc) is 2.82. The number of hydrogen-bond donors (Lipinski definition) is 1. The number of halogens is 1. The normalized spacial score (nSPS) is 12.0. The van der Waals surface area contributed by atoms with Crippen molar-refractivity contribution in [1.29, 1.82) is 0 Å². The molecule has 1 amide bonds. The van der Waals surface area contributed by atoms with Crippen LogP contribution in [0.25, 0.3) is 0 Å². The molecule has 0 unspecified atom stereocenters. The number of aryl methyl sites for hydroxylation is 1. The van der Waals surface area contributed by atoms with Crippen molar-refractivity contribution in [2.75, 3.05) is 25.1 Å². The quantitative estimate of drug-likeness (QED) is 0.457. The molecule has 0 heterocycles. The molecule has 0 aliphatic carbocycles. The lowest BCUT2D eigenvalue weighted by atomic mass is 10.1. The maximum absolute atomic E-state index is 13.5. The van der Waals surface area contributed by atoms with E-state index in [0.29, 0.717) is 22.2 Å². The molecule has 0 saturated heterocycles. The summed E-state index contributed by atoms with van der Waals surface area (Å²) in [7, 11) is -0.951. The van der Waals surface area contributed by atoms with Crippen LogP contribution in [0.4, 0.5) is 5.69 Å². The molecule has 3 aromatic carbocycles. The molecule has 0 spiro atoms. The molecule has 0 fully saturated rings. The second-order valence-electron chi connectivity index (χ2n) is 7.71. The molecule has 0 saturated carbocycles. The Kier molecular flexibility index (Phi) is 8.06. The van der Waals surface area contributed by atoms with Crippen LogP contribution < -0.4 is 19.1 Å². The molecule has 0 bridgehead atoms. The summed E-state index contributed by atoms with van der Waals surface area (Å²) in [6.07, 6.45) is 0. The standard InChI is InChI=1S/C25H27ClN2O5S/c1-17-8-11-22(12-9-17)34(30,31)28(21-7-5-6-20(26)15-21)16-25(29)27-18(2)19-10-13-23(32-3)24(14-19)33-4/h5-15,18H,16H2,1-4H3,(H,27,29)/t18-/m0/s1. The maximum Gasteiger partial charge on any atom is 0.264 e. The number of amides is 1. The third-order valence-electron chi connectivity index (χ3n) is 5.28.